The second kappa shape index (κ2) is 6.87. The maximum atomic E-state index is 12.2. The molecule has 3 aromatic rings. The van der Waals surface area contributed by atoms with Gasteiger partial charge < -0.3 is 4.42 Å². The lowest BCUT2D eigenvalue weighted by Crippen LogP contribution is -2.21. The van der Waals surface area contributed by atoms with Gasteiger partial charge in [0.15, 0.2) is 11.4 Å². The molecule has 0 saturated heterocycles. The molecule has 2 aromatic heterocycles. The number of thioether (sulfide) groups is 1. The largest absolute Gasteiger partial charge is 0.431 e. The molecule has 1 aliphatic rings. The van der Waals surface area contributed by atoms with Crippen molar-refractivity contribution in [2.45, 2.75) is 31.4 Å². The van der Waals surface area contributed by atoms with Gasteiger partial charge in [0, 0.05) is 6.42 Å². The van der Waals surface area contributed by atoms with Crippen molar-refractivity contribution in [2.24, 2.45) is 0 Å². The van der Waals surface area contributed by atoms with E-state index in [9.17, 15) is 9.59 Å². The Balaban J connectivity index is 1.43. The molecule has 0 fully saturated rings. The van der Waals surface area contributed by atoms with Gasteiger partial charge in [0.1, 0.15) is 5.52 Å². The molecule has 1 aromatic carbocycles. The number of carbonyl (C=O) groups is 2. The Morgan fingerprint density at radius 1 is 1.23 bits per heavy atom. The van der Waals surface area contributed by atoms with Crippen molar-refractivity contribution in [1.82, 2.24) is 15.0 Å². The van der Waals surface area contributed by atoms with Crippen LogP contribution in [0.1, 0.15) is 34.6 Å². The number of carbonyl (C=O) groups excluding carboxylic acids is 2. The van der Waals surface area contributed by atoms with Crippen LogP contribution in [0.2, 0.25) is 0 Å². The van der Waals surface area contributed by atoms with Gasteiger partial charge in [-0.2, -0.15) is 0 Å². The van der Waals surface area contributed by atoms with Gasteiger partial charge in [-0.25, -0.2) is 15.0 Å². The average Bonchev–Trinajstić information content (AvgIpc) is 3.03. The zero-order chi connectivity index (χ0) is 18.1. The number of rotatable bonds is 4. The van der Waals surface area contributed by atoms with Crippen molar-refractivity contribution in [2.75, 3.05) is 11.1 Å². The smallest absolute Gasteiger partial charge is 0.257 e. The molecule has 1 N–H and O–H groups in total. The molecule has 0 atom stereocenters. The quantitative estimate of drug-likeness (QED) is 0.706. The number of fused-ring (bicyclic) bond motifs is 2. The molecule has 132 valence electrons. The molecule has 0 saturated carbocycles. The first-order valence-corrected chi connectivity index (χ1v) is 9.27. The summed E-state index contributed by atoms with van der Waals surface area (Å²) in [5, 5.41) is 3.13. The number of para-hydroxylation sites is 2. The fourth-order valence-electron chi connectivity index (χ4n) is 2.97. The van der Waals surface area contributed by atoms with Gasteiger partial charge in [-0.3, -0.25) is 14.9 Å². The van der Waals surface area contributed by atoms with Crippen molar-refractivity contribution in [1.29, 1.82) is 0 Å². The van der Waals surface area contributed by atoms with Crippen LogP contribution in [-0.2, 0) is 11.2 Å². The lowest BCUT2D eigenvalue weighted by atomic mass is 9.94. The van der Waals surface area contributed by atoms with Crippen LogP contribution in [0.25, 0.3) is 11.1 Å². The predicted molar refractivity (Wildman–Crippen MR) is 97.4 cm³/mol. The number of aromatic nitrogens is 3. The third-order valence-corrected chi connectivity index (χ3v) is 4.94. The Morgan fingerprint density at radius 3 is 2.92 bits per heavy atom. The minimum Gasteiger partial charge on any atom is -0.431 e. The number of benzene rings is 1. The number of hydrogen-bond donors (Lipinski definition) is 1. The number of amides is 1. The molecule has 8 heteroatoms. The Labute approximate surface area is 153 Å². The lowest BCUT2D eigenvalue weighted by Gasteiger charge is -2.16. The SMILES string of the molecule is Cc1nc(NC(=O)CSc2nc3ccccc3o2)nc2c1C(=O)CCC2. The van der Waals surface area contributed by atoms with Crippen LogP contribution in [0.3, 0.4) is 0 Å². The summed E-state index contributed by atoms with van der Waals surface area (Å²) in [5.41, 5.74) is 3.38. The van der Waals surface area contributed by atoms with E-state index >= 15 is 0 Å². The molecule has 26 heavy (non-hydrogen) atoms. The van der Waals surface area contributed by atoms with Gasteiger partial charge in [-0.1, -0.05) is 23.9 Å². The van der Waals surface area contributed by atoms with Gasteiger partial charge in [-0.05, 0) is 31.9 Å². The summed E-state index contributed by atoms with van der Waals surface area (Å²) >= 11 is 1.21. The van der Waals surface area contributed by atoms with E-state index < -0.39 is 0 Å². The summed E-state index contributed by atoms with van der Waals surface area (Å²) in [6.45, 7) is 1.77. The first-order chi connectivity index (χ1) is 12.6. The van der Waals surface area contributed by atoms with E-state index in [0.29, 0.717) is 28.5 Å². The highest BCUT2D eigenvalue weighted by Gasteiger charge is 2.23. The summed E-state index contributed by atoms with van der Waals surface area (Å²) in [6, 6.07) is 7.44. The predicted octanol–water partition coefficient (Wildman–Crippen LogP) is 3.18. The Bertz CT molecular complexity index is 982. The number of Topliss-reactive ketones (excluding diaryl/α,β-unsaturated/α-hetero) is 1. The van der Waals surface area contributed by atoms with Gasteiger partial charge in [-0.15, -0.1) is 0 Å². The van der Waals surface area contributed by atoms with Crippen LogP contribution < -0.4 is 5.32 Å². The van der Waals surface area contributed by atoms with E-state index in [0.717, 1.165) is 24.1 Å². The zero-order valence-electron chi connectivity index (χ0n) is 14.1. The standard InChI is InChI=1S/C18H16N4O3S/c1-10-16-12(6-4-7-13(16)23)20-17(19-10)22-15(24)9-26-18-21-11-5-2-3-8-14(11)25-18/h2-3,5,8H,4,6-7,9H2,1H3,(H,19,20,22,24). The fourth-order valence-corrected chi connectivity index (χ4v) is 3.61. The van der Waals surface area contributed by atoms with E-state index in [4.69, 9.17) is 4.42 Å². The van der Waals surface area contributed by atoms with Crippen LogP contribution >= 0.6 is 11.8 Å². The number of hydrogen-bond acceptors (Lipinski definition) is 7. The summed E-state index contributed by atoms with van der Waals surface area (Å²) in [7, 11) is 0. The van der Waals surface area contributed by atoms with Crippen molar-refractivity contribution in [3.05, 3.63) is 41.2 Å². The van der Waals surface area contributed by atoms with E-state index in [-0.39, 0.29) is 23.4 Å². The molecule has 1 aliphatic carbocycles. The molecule has 0 spiro atoms. The monoisotopic (exact) mass is 368 g/mol. The van der Waals surface area contributed by atoms with Crippen molar-refractivity contribution in [3.63, 3.8) is 0 Å². The number of nitrogens with zero attached hydrogens (tertiary/aromatic N) is 3. The van der Waals surface area contributed by atoms with Crippen LogP contribution in [0.5, 0.6) is 0 Å². The third-order valence-electron chi connectivity index (χ3n) is 4.11. The number of nitrogens with one attached hydrogen (secondary N) is 1. The van der Waals surface area contributed by atoms with Crippen LogP contribution in [0.4, 0.5) is 5.95 Å². The fraction of sp³-hybridized carbons (Fsp3) is 0.278. The number of oxazole rings is 1. The maximum absolute atomic E-state index is 12.2. The summed E-state index contributed by atoms with van der Waals surface area (Å²) in [5.74, 6) is 0.191. The van der Waals surface area contributed by atoms with E-state index in [1.165, 1.54) is 11.8 Å². The van der Waals surface area contributed by atoms with Gasteiger partial charge in [0.25, 0.3) is 5.22 Å². The second-order valence-corrected chi connectivity index (χ2v) is 6.94. The van der Waals surface area contributed by atoms with Crippen LogP contribution in [-0.4, -0.2) is 32.4 Å². The van der Waals surface area contributed by atoms with Crippen molar-refractivity contribution >= 4 is 40.5 Å². The highest BCUT2D eigenvalue weighted by atomic mass is 32.2. The molecule has 4 rings (SSSR count). The zero-order valence-corrected chi connectivity index (χ0v) is 14.9. The molecule has 2 heterocycles. The Morgan fingerprint density at radius 2 is 2.08 bits per heavy atom. The van der Waals surface area contributed by atoms with Crippen molar-refractivity contribution in [3.8, 4) is 0 Å². The van der Waals surface area contributed by atoms with Crippen molar-refractivity contribution < 1.29 is 14.0 Å². The summed E-state index contributed by atoms with van der Waals surface area (Å²) < 4.78 is 5.58. The Hall–Kier alpha value is -2.74. The average molecular weight is 368 g/mol. The van der Waals surface area contributed by atoms with E-state index in [1.807, 2.05) is 24.3 Å². The van der Waals surface area contributed by atoms with E-state index in [2.05, 4.69) is 20.3 Å². The first kappa shape index (κ1) is 16.7. The molecule has 0 bridgehead atoms. The first-order valence-electron chi connectivity index (χ1n) is 8.29. The number of aryl methyl sites for hydroxylation is 2. The highest BCUT2D eigenvalue weighted by Crippen LogP contribution is 2.24. The molecular formula is C18H16N4O3S. The number of ketones is 1. The maximum Gasteiger partial charge on any atom is 0.257 e. The highest BCUT2D eigenvalue weighted by molar-refractivity contribution is 7.99. The summed E-state index contributed by atoms with van der Waals surface area (Å²) in [6.07, 6.45) is 2.04. The summed E-state index contributed by atoms with van der Waals surface area (Å²) in [4.78, 5) is 37.1. The normalized spacial score (nSPS) is 13.7. The molecule has 0 aliphatic heterocycles. The van der Waals surface area contributed by atoms with E-state index in [1.54, 1.807) is 6.92 Å². The minimum atomic E-state index is -0.251. The van der Waals surface area contributed by atoms with Crippen LogP contribution in [0, 0.1) is 6.92 Å². The van der Waals surface area contributed by atoms with Crippen LogP contribution in [0.15, 0.2) is 33.9 Å². The molecule has 0 unspecified atom stereocenters. The van der Waals surface area contributed by atoms with Gasteiger partial charge >= 0.3 is 0 Å². The molecule has 7 nitrogen and oxygen atoms in total. The third kappa shape index (κ3) is 3.32. The molecule has 1 amide bonds. The second-order valence-electron chi connectivity index (χ2n) is 6.02. The van der Waals surface area contributed by atoms with Gasteiger partial charge in [0.2, 0.25) is 11.9 Å². The Kier molecular flexibility index (Phi) is 4.42. The molecule has 0 radical (unpaired) electrons. The van der Waals surface area contributed by atoms with Gasteiger partial charge in [0.05, 0.1) is 22.7 Å². The minimum absolute atomic E-state index is 0.0770. The molecular weight excluding hydrogens is 352 g/mol. The topological polar surface area (TPSA) is 98.0 Å². The lowest BCUT2D eigenvalue weighted by molar-refractivity contribution is -0.113. The number of anilines is 1.